The molecule has 3 rings (SSSR count). The molecule has 2 heterocycles. The first-order valence-corrected chi connectivity index (χ1v) is 6.95. The van der Waals surface area contributed by atoms with E-state index in [0.717, 1.165) is 38.6 Å². The normalized spacial score (nSPS) is 23.2. The Kier molecular flexibility index (Phi) is 3.17. The molecule has 0 radical (unpaired) electrons. The highest BCUT2D eigenvalue weighted by Gasteiger charge is 2.26. The van der Waals surface area contributed by atoms with Gasteiger partial charge < -0.3 is 5.32 Å². The van der Waals surface area contributed by atoms with Gasteiger partial charge in [0.25, 0.3) is 0 Å². The summed E-state index contributed by atoms with van der Waals surface area (Å²) in [5, 5.41) is 7.71. The smallest absolute Gasteiger partial charge is 0.0831 e. The highest BCUT2D eigenvalue weighted by Crippen LogP contribution is 2.37. The molecule has 0 unspecified atom stereocenters. The molecule has 1 N–H and O–H groups in total. The van der Waals surface area contributed by atoms with Crippen LogP contribution in [0.4, 0.5) is 0 Å². The van der Waals surface area contributed by atoms with Crippen LogP contribution in [0.15, 0.2) is 0 Å². The van der Waals surface area contributed by atoms with E-state index >= 15 is 0 Å². The Labute approximate surface area is 100 Å². The quantitative estimate of drug-likeness (QED) is 0.859. The molecule has 1 saturated heterocycles. The predicted molar refractivity (Wildman–Crippen MR) is 64.6 cm³/mol. The highest BCUT2D eigenvalue weighted by atomic mass is 32.1. The Bertz CT molecular complexity index is 342. The van der Waals surface area contributed by atoms with Crippen molar-refractivity contribution in [3.05, 3.63) is 10.6 Å². The molecule has 1 saturated carbocycles. The van der Waals surface area contributed by atoms with Gasteiger partial charge in [0.05, 0.1) is 10.6 Å². The summed E-state index contributed by atoms with van der Waals surface area (Å²) in [6, 6.07) is 0. The summed E-state index contributed by atoms with van der Waals surface area (Å²) >= 11 is 1.60. The Hall–Kier alpha value is -0.520. The maximum absolute atomic E-state index is 4.33. The summed E-state index contributed by atoms with van der Waals surface area (Å²) in [6.07, 6.45) is 4.01. The molecule has 16 heavy (non-hydrogen) atoms. The molecule has 1 aliphatic carbocycles. The lowest BCUT2D eigenvalue weighted by molar-refractivity contribution is 0.233. The van der Waals surface area contributed by atoms with Crippen molar-refractivity contribution in [3.63, 3.8) is 0 Å². The van der Waals surface area contributed by atoms with Gasteiger partial charge in [0.15, 0.2) is 0 Å². The number of rotatable bonds is 3. The summed E-state index contributed by atoms with van der Waals surface area (Å²) < 4.78 is 4.14. The Morgan fingerprint density at radius 2 is 2.12 bits per heavy atom. The summed E-state index contributed by atoms with van der Waals surface area (Å²) in [7, 11) is 0. The monoisotopic (exact) mass is 238 g/mol. The third kappa shape index (κ3) is 2.12. The van der Waals surface area contributed by atoms with Gasteiger partial charge in [0.1, 0.15) is 0 Å². The van der Waals surface area contributed by atoms with Gasteiger partial charge in [-0.15, -0.1) is 5.10 Å². The molecule has 2 fully saturated rings. The summed E-state index contributed by atoms with van der Waals surface area (Å²) in [5.74, 6) is 0.719. The van der Waals surface area contributed by atoms with Crippen molar-refractivity contribution < 1.29 is 0 Å². The minimum atomic E-state index is 0.719. The average Bonchev–Trinajstić information content (AvgIpc) is 2.66. The van der Waals surface area contributed by atoms with E-state index in [2.05, 4.69) is 19.8 Å². The largest absolute Gasteiger partial charge is 0.314 e. The number of hydrogen-bond donors (Lipinski definition) is 1. The van der Waals surface area contributed by atoms with E-state index in [1.807, 2.05) is 0 Å². The molecule has 0 bridgehead atoms. The number of aromatic nitrogens is 2. The second-order valence-electron chi connectivity index (χ2n) is 4.74. The summed E-state index contributed by atoms with van der Waals surface area (Å²) in [6.45, 7) is 5.60. The number of piperazine rings is 1. The van der Waals surface area contributed by atoms with Crippen LogP contribution in [0.2, 0.25) is 0 Å². The van der Waals surface area contributed by atoms with E-state index in [-0.39, 0.29) is 0 Å². The van der Waals surface area contributed by atoms with Crippen molar-refractivity contribution in [3.8, 4) is 0 Å². The lowest BCUT2D eigenvalue weighted by Crippen LogP contribution is -2.42. The molecule has 1 aromatic rings. The van der Waals surface area contributed by atoms with Gasteiger partial charge in [-0.3, -0.25) is 4.90 Å². The minimum absolute atomic E-state index is 0.719. The second-order valence-corrected chi connectivity index (χ2v) is 5.57. The first-order chi connectivity index (χ1) is 7.93. The maximum atomic E-state index is 4.33. The molecule has 1 aliphatic heterocycles. The molecular formula is C11H18N4S. The minimum Gasteiger partial charge on any atom is -0.314 e. The zero-order valence-corrected chi connectivity index (χ0v) is 10.3. The van der Waals surface area contributed by atoms with E-state index in [9.17, 15) is 0 Å². The molecule has 0 spiro atoms. The topological polar surface area (TPSA) is 41.1 Å². The van der Waals surface area contributed by atoms with Crippen LogP contribution in [-0.4, -0.2) is 40.7 Å². The third-order valence-corrected chi connectivity index (χ3v) is 4.38. The van der Waals surface area contributed by atoms with Crippen molar-refractivity contribution in [1.82, 2.24) is 19.8 Å². The van der Waals surface area contributed by atoms with Crippen molar-refractivity contribution >= 4 is 11.5 Å². The van der Waals surface area contributed by atoms with Crippen LogP contribution in [0, 0.1) is 0 Å². The van der Waals surface area contributed by atoms with Crippen LogP contribution in [0.25, 0.3) is 0 Å². The van der Waals surface area contributed by atoms with Gasteiger partial charge in [-0.1, -0.05) is 10.9 Å². The Morgan fingerprint density at radius 3 is 2.81 bits per heavy atom. The van der Waals surface area contributed by atoms with E-state index in [0.29, 0.717) is 0 Å². The predicted octanol–water partition coefficient (Wildman–Crippen LogP) is 1.21. The van der Waals surface area contributed by atoms with Gasteiger partial charge in [-0.05, 0) is 24.4 Å². The molecule has 88 valence electrons. The zero-order valence-electron chi connectivity index (χ0n) is 9.48. The SMILES string of the molecule is C1CC(c2nnsc2CN2CCNCC2)C1. The molecular weight excluding hydrogens is 220 g/mol. The standard InChI is InChI=1S/C11H18N4S/c1-2-9(3-1)11-10(16-14-13-11)8-15-6-4-12-5-7-15/h9,12H,1-8H2. The average molecular weight is 238 g/mol. The maximum Gasteiger partial charge on any atom is 0.0831 e. The van der Waals surface area contributed by atoms with Gasteiger partial charge >= 0.3 is 0 Å². The van der Waals surface area contributed by atoms with Crippen LogP contribution in [-0.2, 0) is 6.54 Å². The third-order valence-electron chi connectivity index (χ3n) is 3.65. The van der Waals surface area contributed by atoms with Crippen LogP contribution in [0.5, 0.6) is 0 Å². The van der Waals surface area contributed by atoms with Crippen LogP contribution >= 0.6 is 11.5 Å². The highest BCUT2D eigenvalue weighted by molar-refractivity contribution is 7.05. The Balaban J connectivity index is 1.66. The zero-order chi connectivity index (χ0) is 10.8. The van der Waals surface area contributed by atoms with Crippen LogP contribution in [0.1, 0.15) is 35.8 Å². The number of hydrogen-bond acceptors (Lipinski definition) is 5. The molecule has 0 atom stereocenters. The molecule has 5 heteroatoms. The van der Waals surface area contributed by atoms with E-state index in [1.54, 1.807) is 11.5 Å². The van der Waals surface area contributed by atoms with Crippen molar-refractivity contribution in [2.75, 3.05) is 26.2 Å². The van der Waals surface area contributed by atoms with Crippen molar-refractivity contribution in [2.45, 2.75) is 31.7 Å². The van der Waals surface area contributed by atoms with Gasteiger partial charge in [0, 0.05) is 38.6 Å². The van der Waals surface area contributed by atoms with Crippen LogP contribution in [0.3, 0.4) is 0 Å². The van der Waals surface area contributed by atoms with E-state index < -0.39 is 0 Å². The van der Waals surface area contributed by atoms with E-state index in [4.69, 9.17) is 0 Å². The van der Waals surface area contributed by atoms with Gasteiger partial charge in [0.2, 0.25) is 0 Å². The van der Waals surface area contributed by atoms with Crippen LogP contribution < -0.4 is 5.32 Å². The van der Waals surface area contributed by atoms with E-state index in [1.165, 1.54) is 29.8 Å². The molecule has 1 aromatic heterocycles. The fourth-order valence-corrected chi connectivity index (χ4v) is 3.16. The molecule has 0 aromatic carbocycles. The fraction of sp³-hybridized carbons (Fsp3) is 0.818. The van der Waals surface area contributed by atoms with Gasteiger partial charge in [-0.2, -0.15) is 0 Å². The lowest BCUT2D eigenvalue weighted by atomic mass is 9.82. The lowest BCUT2D eigenvalue weighted by Gasteiger charge is -2.28. The first kappa shape index (κ1) is 10.6. The molecule has 2 aliphatic rings. The van der Waals surface area contributed by atoms with Gasteiger partial charge in [-0.25, -0.2) is 0 Å². The summed E-state index contributed by atoms with van der Waals surface area (Å²) in [4.78, 5) is 3.92. The summed E-state index contributed by atoms with van der Waals surface area (Å²) in [5.41, 5.74) is 1.30. The van der Waals surface area contributed by atoms with Crippen molar-refractivity contribution in [1.29, 1.82) is 0 Å². The van der Waals surface area contributed by atoms with Crippen molar-refractivity contribution in [2.24, 2.45) is 0 Å². The molecule has 4 nitrogen and oxygen atoms in total. The number of nitrogens with zero attached hydrogens (tertiary/aromatic N) is 3. The fourth-order valence-electron chi connectivity index (χ4n) is 2.39. The molecule has 0 amide bonds. The number of nitrogens with one attached hydrogen (secondary N) is 1. The Morgan fingerprint density at radius 1 is 1.31 bits per heavy atom. The second kappa shape index (κ2) is 4.77. The first-order valence-electron chi connectivity index (χ1n) is 6.17.